The van der Waals surface area contributed by atoms with Gasteiger partial charge in [0.05, 0.1) is 5.56 Å². The number of benzene rings is 2. The fourth-order valence-corrected chi connectivity index (χ4v) is 3.09. The molecule has 4 rings (SSSR count). The Morgan fingerprint density at radius 2 is 1.85 bits per heavy atom. The molecule has 0 saturated carbocycles. The number of carboxylic acids is 1. The van der Waals surface area contributed by atoms with E-state index in [4.69, 9.17) is 14.0 Å². The molecular formula is C21H18N2O4. The zero-order valence-corrected chi connectivity index (χ0v) is 15.2. The summed E-state index contributed by atoms with van der Waals surface area (Å²) in [6.07, 6.45) is 0. The fourth-order valence-electron chi connectivity index (χ4n) is 3.09. The van der Waals surface area contributed by atoms with E-state index >= 15 is 0 Å². The standard InChI is InChI=1S/C21H18N2O4/c1-11(2)15-9-4-12(3)18-16(15)10-17(26-18)20-22-19(23-27-20)13-5-7-14(8-6-13)21(24)25/h4-11H,1-3H3,(H,24,25). The molecule has 0 bridgehead atoms. The summed E-state index contributed by atoms with van der Waals surface area (Å²) in [5.74, 6) is 0.571. The van der Waals surface area contributed by atoms with Crippen LogP contribution in [0.1, 0.15) is 41.3 Å². The van der Waals surface area contributed by atoms with E-state index in [1.807, 2.05) is 19.1 Å². The van der Waals surface area contributed by atoms with Crippen LogP contribution in [0.3, 0.4) is 0 Å². The molecule has 2 aromatic heterocycles. The molecule has 0 saturated heterocycles. The minimum absolute atomic E-state index is 0.205. The van der Waals surface area contributed by atoms with E-state index in [0.29, 0.717) is 23.1 Å². The molecule has 0 unspecified atom stereocenters. The van der Waals surface area contributed by atoms with Gasteiger partial charge in [0.25, 0.3) is 5.89 Å². The normalized spacial score (nSPS) is 11.4. The van der Waals surface area contributed by atoms with Gasteiger partial charge in [0.1, 0.15) is 5.58 Å². The first-order valence-electron chi connectivity index (χ1n) is 8.65. The van der Waals surface area contributed by atoms with Crippen LogP contribution in [0.25, 0.3) is 34.0 Å². The number of nitrogens with zero attached hydrogens (tertiary/aromatic N) is 2. The topological polar surface area (TPSA) is 89.4 Å². The van der Waals surface area contributed by atoms with Gasteiger partial charge in [0.15, 0.2) is 5.76 Å². The smallest absolute Gasteiger partial charge is 0.335 e. The minimum Gasteiger partial charge on any atom is -0.478 e. The highest BCUT2D eigenvalue weighted by Crippen LogP contribution is 2.34. The molecule has 136 valence electrons. The van der Waals surface area contributed by atoms with Gasteiger partial charge in [0, 0.05) is 10.9 Å². The minimum atomic E-state index is -0.978. The van der Waals surface area contributed by atoms with Gasteiger partial charge < -0.3 is 14.0 Å². The zero-order chi connectivity index (χ0) is 19.1. The van der Waals surface area contributed by atoms with Crippen LogP contribution in [0.4, 0.5) is 0 Å². The molecule has 4 aromatic rings. The van der Waals surface area contributed by atoms with Gasteiger partial charge in [-0.15, -0.1) is 0 Å². The predicted octanol–water partition coefficient (Wildman–Crippen LogP) is 5.28. The van der Waals surface area contributed by atoms with E-state index < -0.39 is 5.97 Å². The van der Waals surface area contributed by atoms with Gasteiger partial charge in [-0.1, -0.05) is 43.3 Å². The lowest BCUT2D eigenvalue weighted by atomic mass is 9.97. The van der Waals surface area contributed by atoms with Crippen molar-refractivity contribution in [2.75, 3.05) is 0 Å². The van der Waals surface area contributed by atoms with E-state index in [1.165, 1.54) is 17.7 Å². The van der Waals surface area contributed by atoms with Crippen LogP contribution in [0, 0.1) is 6.92 Å². The third-order valence-electron chi connectivity index (χ3n) is 4.56. The number of rotatable bonds is 4. The average molecular weight is 362 g/mol. The molecule has 2 heterocycles. The number of furan rings is 1. The summed E-state index contributed by atoms with van der Waals surface area (Å²) in [5.41, 5.74) is 3.95. The van der Waals surface area contributed by atoms with E-state index in [1.54, 1.807) is 12.1 Å². The van der Waals surface area contributed by atoms with Crippen molar-refractivity contribution in [3.05, 3.63) is 59.2 Å². The maximum atomic E-state index is 11.0. The Kier molecular flexibility index (Phi) is 4.03. The lowest BCUT2D eigenvalue weighted by Gasteiger charge is -2.07. The summed E-state index contributed by atoms with van der Waals surface area (Å²) in [4.78, 5) is 15.4. The highest BCUT2D eigenvalue weighted by Gasteiger charge is 2.18. The number of carbonyl (C=O) groups is 1. The molecule has 0 aliphatic heterocycles. The second-order valence-electron chi connectivity index (χ2n) is 6.79. The van der Waals surface area contributed by atoms with E-state index in [2.05, 4.69) is 30.1 Å². The Balaban J connectivity index is 1.74. The molecule has 0 radical (unpaired) electrons. The molecule has 0 amide bonds. The van der Waals surface area contributed by atoms with Crippen LogP contribution < -0.4 is 0 Å². The summed E-state index contributed by atoms with van der Waals surface area (Å²) in [5, 5.41) is 14.0. The number of carboxylic acid groups (broad SMARTS) is 1. The number of aromatic nitrogens is 2. The molecule has 6 heteroatoms. The SMILES string of the molecule is Cc1ccc(C(C)C)c2cc(-c3nc(-c4ccc(C(=O)O)cc4)no3)oc12. The first kappa shape index (κ1) is 17.0. The Morgan fingerprint density at radius 1 is 1.11 bits per heavy atom. The molecular weight excluding hydrogens is 344 g/mol. The van der Waals surface area contributed by atoms with Crippen molar-refractivity contribution < 1.29 is 18.8 Å². The predicted molar refractivity (Wildman–Crippen MR) is 101 cm³/mol. The van der Waals surface area contributed by atoms with Crippen molar-refractivity contribution in [1.29, 1.82) is 0 Å². The first-order chi connectivity index (χ1) is 12.9. The summed E-state index contributed by atoms with van der Waals surface area (Å²) in [6.45, 7) is 6.29. The summed E-state index contributed by atoms with van der Waals surface area (Å²) >= 11 is 0. The number of hydrogen-bond acceptors (Lipinski definition) is 5. The molecule has 0 fully saturated rings. The van der Waals surface area contributed by atoms with Crippen LogP contribution in [0.15, 0.2) is 51.4 Å². The molecule has 6 nitrogen and oxygen atoms in total. The Hall–Kier alpha value is -3.41. The molecule has 0 spiro atoms. The van der Waals surface area contributed by atoms with Gasteiger partial charge in [0.2, 0.25) is 5.82 Å². The highest BCUT2D eigenvalue weighted by molar-refractivity contribution is 5.88. The summed E-state index contributed by atoms with van der Waals surface area (Å²) < 4.78 is 11.4. The fraction of sp³-hybridized carbons (Fsp3) is 0.190. The number of fused-ring (bicyclic) bond motifs is 1. The number of aromatic carboxylic acids is 1. The van der Waals surface area contributed by atoms with E-state index in [-0.39, 0.29) is 11.5 Å². The lowest BCUT2D eigenvalue weighted by Crippen LogP contribution is -1.95. The van der Waals surface area contributed by atoms with Crippen molar-refractivity contribution in [3.8, 4) is 23.0 Å². The maximum Gasteiger partial charge on any atom is 0.335 e. The summed E-state index contributed by atoms with van der Waals surface area (Å²) in [6, 6.07) is 12.4. The van der Waals surface area contributed by atoms with Gasteiger partial charge in [-0.3, -0.25) is 0 Å². The average Bonchev–Trinajstić information content (AvgIpc) is 3.29. The number of hydrogen-bond donors (Lipinski definition) is 1. The van der Waals surface area contributed by atoms with E-state index in [0.717, 1.165) is 16.5 Å². The Labute approximate surface area is 155 Å². The van der Waals surface area contributed by atoms with Gasteiger partial charge in [-0.25, -0.2) is 4.79 Å². The first-order valence-corrected chi connectivity index (χ1v) is 8.65. The lowest BCUT2D eigenvalue weighted by molar-refractivity contribution is 0.0697. The summed E-state index contributed by atoms with van der Waals surface area (Å²) in [7, 11) is 0. The molecule has 0 aliphatic rings. The zero-order valence-electron chi connectivity index (χ0n) is 15.2. The van der Waals surface area contributed by atoms with Crippen molar-refractivity contribution in [2.45, 2.75) is 26.7 Å². The van der Waals surface area contributed by atoms with Crippen LogP contribution in [-0.2, 0) is 0 Å². The molecule has 1 N–H and O–H groups in total. The largest absolute Gasteiger partial charge is 0.478 e. The Morgan fingerprint density at radius 3 is 2.52 bits per heavy atom. The second-order valence-corrected chi connectivity index (χ2v) is 6.79. The molecule has 0 aliphatic carbocycles. The quantitative estimate of drug-likeness (QED) is 0.531. The number of aryl methyl sites for hydroxylation is 1. The van der Waals surface area contributed by atoms with Crippen LogP contribution >= 0.6 is 0 Å². The molecule has 2 aromatic carbocycles. The highest BCUT2D eigenvalue weighted by atomic mass is 16.5. The van der Waals surface area contributed by atoms with Crippen molar-refractivity contribution in [1.82, 2.24) is 10.1 Å². The van der Waals surface area contributed by atoms with Crippen LogP contribution in [0.5, 0.6) is 0 Å². The van der Waals surface area contributed by atoms with Crippen molar-refractivity contribution in [2.24, 2.45) is 0 Å². The van der Waals surface area contributed by atoms with Crippen LogP contribution in [0.2, 0.25) is 0 Å². The van der Waals surface area contributed by atoms with Crippen LogP contribution in [-0.4, -0.2) is 21.2 Å². The maximum absolute atomic E-state index is 11.0. The van der Waals surface area contributed by atoms with Gasteiger partial charge in [-0.2, -0.15) is 4.98 Å². The van der Waals surface area contributed by atoms with E-state index in [9.17, 15) is 4.79 Å². The van der Waals surface area contributed by atoms with Gasteiger partial charge in [-0.05, 0) is 42.2 Å². The third-order valence-corrected chi connectivity index (χ3v) is 4.56. The molecule has 27 heavy (non-hydrogen) atoms. The van der Waals surface area contributed by atoms with Gasteiger partial charge >= 0.3 is 5.97 Å². The van der Waals surface area contributed by atoms with Crippen molar-refractivity contribution in [3.63, 3.8) is 0 Å². The molecule has 0 atom stereocenters. The Bertz CT molecular complexity index is 1140. The van der Waals surface area contributed by atoms with Crippen molar-refractivity contribution >= 4 is 16.9 Å². The second kappa shape index (κ2) is 6.39. The monoisotopic (exact) mass is 362 g/mol. The third kappa shape index (κ3) is 2.99.